The lowest BCUT2D eigenvalue weighted by atomic mass is 10.2. The van der Waals surface area contributed by atoms with Crippen molar-refractivity contribution in [2.45, 2.75) is 6.92 Å². The molecule has 0 unspecified atom stereocenters. The van der Waals surface area contributed by atoms with Crippen molar-refractivity contribution in [2.75, 3.05) is 57.2 Å². The highest BCUT2D eigenvalue weighted by Crippen LogP contribution is 2.23. The summed E-state index contributed by atoms with van der Waals surface area (Å²) in [5.41, 5.74) is 1.85. The van der Waals surface area contributed by atoms with Crippen molar-refractivity contribution in [2.24, 2.45) is 0 Å². The van der Waals surface area contributed by atoms with Gasteiger partial charge in [0, 0.05) is 26.2 Å². The van der Waals surface area contributed by atoms with Crippen molar-refractivity contribution < 1.29 is 14.3 Å². The molecule has 3 aromatic rings. The number of hydrogen-bond acceptors (Lipinski definition) is 8. The average molecular weight is 411 g/mol. The highest BCUT2D eigenvalue weighted by molar-refractivity contribution is 6.11. The van der Waals surface area contributed by atoms with Gasteiger partial charge in [0.15, 0.2) is 0 Å². The Morgan fingerprint density at radius 1 is 1.10 bits per heavy atom. The van der Waals surface area contributed by atoms with Gasteiger partial charge in [-0.05, 0) is 18.7 Å². The number of aromatic amines is 1. The number of carbonyl (C=O) groups is 1. The van der Waals surface area contributed by atoms with Gasteiger partial charge >= 0.3 is 0 Å². The first-order chi connectivity index (χ1) is 14.6. The number of methoxy groups -OCH3 is 2. The van der Waals surface area contributed by atoms with Crippen LogP contribution in [0.25, 0.3) is 11.0 Å². The lowest BCUT2D eigenvalue weighted by Gasteiger charge is -2.33. The molecule has 0 spiro atoms. The lowest BCUT2D eigenvalue weighted by Crippen LogP contribution is -2.46. The Morgan fingerprint density at radius 2 is 1.80 bits per heavy atom. The van der Waals surface area contributed by atoms with Crippen LogP contribution in [-0.4, -0.2) is 77.7 Å². The van der Waals surface area contributed by atoms with Gasteiger partial charge in [-0.25, -0.2) is 4.98 Å². The Hall–Kier alpha value is -3.40. The van der Waals surface area contributed by atoms with Crippen molar-refractivity contribution in [3.05, 3.63) is 29.8 Å². The summed E-state index contributed by atoms with van der Waals surface area (Å²) in [6, 6.07) is 7.00. The van der Waals surface area contributed by atoms with Gasteiger partial charge in [0.2, 0.25) is 23.7 Å². The Morgan fingerprint density at radius 3 is 2.43 bits per heavy atom. The number of aromatic nitrogens is 4. The molecule has 1 saturated heterocycles. The number of fused-ring (bicyclic) bond motifs is 1. The number of rotatable bonds is 6. The molecular weight excluding hydrogens is 386 g/mol. The standard InChI is InChI=1S/C20H25N7O3/c1-4-26-8-10-27(11-9-26)20-21-14-7-5-6-13(17(14)24-20)18(28)25-19-22-15(29-2)12-16(23-19)30-3/h5-7,12H,4,8-11H2,1-3H3,(H,21,24)(H,22,23,25,28). The van der Waals surface area contributed by atoms with E-state index in [-0.39, 0.29) is 11.9 Å². The summed E-state index contributed by atoms with van der Waals surface area (Å²) in [5.74, 6) is 1.11. The number of benzene rings is 1. The second-order valence-corrected chi connectivity index (χ2v) is 6.91. The highest BCUT2D eigenvalue weighted by Gasteiger charge is 2.21. The van der Waals surface area contributed by atoms with Crippen molar-refractivity contribution in [3.8, 4) is 11.8 Å². The second kappa shape index (κ2) is 8.54. The zero-order chi connectivity index (χ0) is 21.1. The van der Waals surface area contributed by atoms with Gasteiger partial charge in [0.05, 0.1) is 31.4 Å². The number of nitrogens with one attached hydrogen (secondary N) is 2. The maximum atomic E-state index is 12.9. The average Bonchev–Trinajstić information content (AvgIpc) is 3.23. The van der Waals surface area contributed by atoms with Crippen LogP contribution < -0.4 is 19.7 Å². The number of carbonyl (C=O) groups excluding carboxylic acids is 1. The largest absolute Gasteiger partial charge is 0.481 e. The predicted molar refractivity (Wildman–Crippen MR) is 114 cm³/mol. The molecule has 10 heteroatoms. The summed E-state index contributed by atoms with van der Waals surface area (Å²) in [6.07, 6.45) is 0. The third-order valence-electron chi connectivity index (χ3n) is 5.19. The van der Waals surface area contributed by atoms with E-state index in [2.05, 4.69) is 37.0 Å². The topological polar surface area (TPSA) is 108 Å². The van der Waals surface area contributed by atoms with Crippen molar-refractivity contribution in [1.29, 1.82) is 0 Å². The van der Waals surface area contributed by atoms with Gasteiger partial charge in [0.1, 0.15) is 5.52 Å². The summed E-state index contributed by atoms with van der Waals surface area (Å²) in [7, 11) is 2.97. The molecule has 1 fully saturated rings. The van der Waals surface area contributed by atoms with Crippen LogP contribution in [0.4, 0.5) is 11.9 Å². The zero-order valence-corrected chi connectivity index (χ0v) is 17.3. The molecule has 1 aromatic carbocycles. The predicted octanol–water partition coefficient (Wildman–Crippen LogP) is 1.76. The number of para-hydroxylation sites is 1. The van der Waals surface area contributed by atoms with Crippen molar-refractivity contribution >= 4 is 28.8 Å². The van der Waals surface area contributed by atoms with Crippen LogP contribution in [0.2, 0.25) is 0 Å². The molecule has 30 heavy (non-hydrogen) atoms. The summed E-state index contributed by atoms with van der Waals surface area (Å²) in [4.78, 5) is 33.9. The monoisotopic (exact) mass is 411 g/mol. The smallest absolute Gasteiger partial charge is 0.260 e. The van der Waals surface area contributed by atoms with Crippen LogP contribution >= 0.6 is 0 Å². The molecule has 4 rings (SSSR count). The molecule has 1 amide bonds. The number of amides is 1. The normalized spacial score (nSPS) is 14.7. The molecule has 1 aliphatic heterocycles. The van der Waals surface area contributed by atoms with E-state index >= 15 is 0 Å². The van der Waals surface area contributed by atoms with Crippen LogP contribution in [0, 0.1) is 0 Å². The second-order valence-electron chi connectivity index (χ2n) is 6.91. The number of H-pyrrole nitrogens is 1. The van der Waals surface area contributed by atoms with Crippen LogP contribution in [0.3, 0.4) is 0 Å². The summed E-state index contributed by atoms with van der Waals surface area (Å²) < 4.78 is 10.3. The van der Waals surface area contributed by atoms with E-state index in [9.17, 15) is 4.79 Å². The SMILES string of the molecule is CCN1CCN(c2nc3c(C(=O)Nc4nc(OC)cc(OC)n4)cccc3[nH]2)CC1. The fraction of sp³-hybridized carbons (Fsp3) is 0.400. The first kappa shape index (κ1) is 19.9. The first-order valence-electron chi connectivity index (χ1n) is 9.85. The van der Waals surface area contributed by atoms with Gasteiger partial charge in [-0.3, -0.25) is 10.1 Å². The minimum atomic E-state index is -0.357. The van der Waals surface area contributed by atoms with E-state index in [1.807, 2.05) is 12.1 Å². The van der Waals surface area contributed by atoms with Crippen LogP contribution in [0.5, 0.6) is 11.8 Å². The summed E-state index contributed by atoms with van der Waals surface area (Å²) in [5, 5.41) is 2.71. The molecule has 0 aliphatic carbocycles. The van der Waals surface area contributed by atoms with Gasteiger partial charge < -0.3 is 24.3 Å². The minimum absolute atomic E-state index is 0.0969. The number of anilines is 2. The van der Waals surface area contributed by atoms with Gasteiger partial charge in [-0.2, -0.15) is 9.97 Å². The molecule has 2 aromatic heterocycles. The Kier molecular flexibility index (Phi) is 5.66. The number of nitrogens with zero attached hydrogens (tertiary/aromatic N) is 5. The summed E-state index contributed by atoms with van der Waals surface area (Å²) >= 11 is 0. The van der Waals surface area contributed by atoms with E-state index in [0.29, 0.717) is 22.8 Å². The molecule has 3 heterocycles. The quantitative estimate of drug-likeness (QED) is 0.632. The zero-order valence-electron chi connectivity index (χ0n) is 17.3. The van der Waals surface area contributed by atoms with Gasteiger partial charge in [-0.15, -0.1) is 0 Å². The molecule has 0 radical (unpaired) electrons. The third-order valence-corrected chi connectivity index (χ3v) is 5.19. The van der Waals surface area contributed by atoms with E-state index in [1.165, 1.54) is 20.3 Å². The fourth-order valence-electron chi connectivity index (χ4n) is 3.47. The van der Waals surface area contributed by atoms with Crippen molar-refractivity contribution in [3.63, 3.8) is 0 Å². The van der Waals surface area contributed by atoms with Crippen LogP contribution in [0.15, 0.2) is 24.3 Å². The minimum Gasteiger partial charge on any atom is -0.481 e. The Bertz CT molecular complexity index is 1020. The Balaban J connectivity index is 1.58. The first-order valence-corrected chi connectivity index (χ1v) is 9.85. The van der Waals surface area contributed by atoms with Gasteiger partial charge in [0.25, 0.3) is 5.91 Å². The molecule has 158 valence electrons. The highest BCUT2D eigenvalue weighted by atomic mass is 16.5. The van der Waals surface area contributed by atoms with E-state index in [0.717, 1.165) is 44.2 Å². The maximum Gasteiger partial charge on any atom is 0.260 e. The van der Waals surface area contributed by atoms with Gasteiger partial charge in [-0.1, -0.05) is 13.0 Å². The fourth-order valence-corrected chi connectivity index (χ4v) is 3.47. The molecule has 2 N–H and O–H groups in total. The van der Waals surface area contributed by atoms with Crippen LogP contribution in [0.1, 0.15) is 17.3 Å². The van der Waals surface area contributed by atoms with E-state index in [1.54, 1.807) is 6.07 Å². The molecule has 0 atom stereocenters. The lowest BCUT2D eigenvalue weighted by molar-refractivity contribution is 0.102. The number of imidazole rings is 1. The number of ether oxygens (including phenoxy) is 2. The number of piperazine rings is 1. The molecule has 1 aliphatic rings. The van der Waals surface area contributed by atoms with E-state index in [4.69, 9.17) is 14.5 Å². The van der Waals surface area contributed by atoms with E-state index < -0.39 is 0 Å². The summed E-state index contributed by atoms with van der Waals surface area (Å²) in [6.45, 7) is 7.00. The molecule has 0 bridgehead atoms. The number of hydrogen-bond donors (Lipinski definition) is 2. The third kappa shape index (κ3) is 3.99. The van der Waals surface area contributed by atoms with Crippen LogP contribution in [-0.2, 0) is 0 Å². The van der Waals surface area contributed by atoms with Crippen molar-refractivity contribution in [1.82, 2.24) is 24.8 Å². The molecule has 10 nitrogen and oxygen atoms in total. The molecule has 0 saturated carbocycles. The Labute approximate surface area is 174 Å². The molecular formula is C20H25N7O3. The number of likely N-dealkylation sites (N-methyl/N-ethyl adjacent to an activating group) is 1. The maximum absolute atomic E-state index is 12.9.